The summed E-state index contributed by atoms with van der Waals surface area (Å²) in [5.74, 6) is -3.28. The van der Waals surface area contributed by atoms with Gasteiger partial charge < -0.3 is 47.1 Å². The first-order valence-corrected chi connectivity index (χ1v) is 27.2. The average Bonchev–Trinajstić information content (AvgIpc) is 3.98. The van der Waals surface area contributed by atoms with Gasteiger partial charge in [-0.3, -0.25) is 14.4 Å². The van der Waals surface area contributed by atoms with Crippen LogP contribution in [-0.2, 0) is 56.4 Å². The highest BCUT2D eigenvalue weighted by Crippen LogP contribution is 2.60. The first-order valence-electron chi connectivity index (χ1n) is 23.3. The molecule has 4 aromatic rings. The highest BCUT2D eigenvalue weighted by atomic mass is 28.4. The van der Waals surface area contributed by atoms with Crippen LogP contribution >= 0.6 is 0 Å². The van der Waals surface area contributed by atoms with E-state index in [-0.39, 0.29) is 18.3 Å². The normalized spacial score (nSPS) is 28.9. The molecule has 68 heavy (non-hydrogen) atoms. The third kappa shape index (κ3) is 9.15. The molecule has 0 bridgehead atoms. The van der Waals surface area contributed by atoms with Gasteiger partial charge in [-0.25, -0.2) is 0 Å². The van der Waals surface area contributed by atoms with E-state index in [1.165, 1.54) is 27.0 Å². The minimum absolute atomic E-state index is 0.0959. The van der Waals surface area contributed by atoms with Crippen LogP contribution in [-0.4, -0.2) is 108 Å². The summed E-state index contributed by atoms with van der Waals surface area (Å²) >= 11 is 0. The molecule has 4 aromatic carbocycles. The predicted molar refractivity (Wildman–Crippen MR) is 258 cm³/mol. The molecule has 13 nitrogen and oxygen atoms in total. The van der Waals surface area contributed by atoms with Crippen molar-refractivity contribution >= 4 is 55.3 Å². The van der Waals surface area contributed by atoms with Gasteiger partial charge in [-0.1, -0.05) is 163 Å². The Balaban J connectivity index is 1.17. The van der Waals surface area contributed by atoms with Gasteiger partial charge in [0.2, 0.25) is 12.6 Å². The molecule has 2 saturated heterocycles. The van der Waals surface area contributed by atoms with E-state index in [9.17, 15) is 19.5 Å². The number of carbonyl (C=O) groups excluding carboxylic acids is 3. The number of benzene rings is 4. The monoisotopic (exact) mass is 964 g/mol. The highest BCUT2D eigenvalue weighted by Gasteiger charge is 2.77. The number of aliphatic hydroxyl groups is 1. The predicted octanol–water partition coefficient (Wildman–Crippen LogP) is 5.29. The van der Waals surface area contributed by atoms with Gasteiger partial charge in [0.05, 0.1) is 31.5 Å². The molecule has 8 rings (SSSR count). The summed E-state index contributed by atoms with van der Waals surface area (Å²) in [6.45, 7) is 16.6. The minimum atomic E-state index is -3.23. The summed E-state index contributed by atoms with van der Waals surface area (Å²) in [4.78, 5) is 39.0. The summed E-state index contributed by atoms with van der Waals surface area (Å²) in [7, 11) is -6.33. The molecule has 0 amide bonds. The first-order chi connectivity index (χ1) is 32.3. The number of hydrogen-bond acceptors (Lipinski definition) is 13. The Labute approximate surface area is 401 Å². The van der Waals surface area contributed by atoms with Gasteiger partial charge in [-0.2, -0.15) is 0 Å². The molecule has 3 fully saturated rings. The Bertz CT molecular complexity index is 2330. The van der Waals surface area contributed by atoms with Gasteiger partial charge in [0.25, 0.3) is 16.6 Å². The van der Waals surface area contributed by atoms with E-state index in [1.807, 2.05) is 72.8 Å². The fourth-order valence-electron chi connectivity index (χ4n) is 11.0. The molecular formula is C53H64O13Si2. The summed E-state index contributed by atoms with van der Waals surface area (Å²) in [5.41, 5.74) is -1.07. The van der Waals surface area contributed by atoms with E-state index in [0.29, 0.717) is 0 Å². The molecule has 0 spiro atoms. The second-order valence-corrected chi connectivity index (χ2v) is 28.9. The standard InChI is InChI=1S/C53H64O13Si2/c1-34(54)61-45-42(32-59-67(51(4,5)6,37-22-14-10-15-23-37)38-24-16-11-17-25-38)64-50(47(63-36(3)56)46(45)62-35(2)55)65-49-43-41(30-31-58-49)44(57)48-53(43,66-48)33-60-68(52(7,8)9,39-26-18-12-19-27-39)40-28-20-13-21-29-40/h10-31,41-50,57H,32-33H2,1-9H3/t41-,42-,43-,44+,45-,46+,47-,48+,49+,50+,53-/m1/s1. The zero-order valence-corrected chi connectivity index (χ0v) is 42.2. The Kier molecular flexibility index (Phi) is 14.1. The van der Waals surface area contributed by atoms with E-state index < -0.39 is 106 Å². The van der Waals surface area contributed by atoms with Crippen molar-refractivity contribution in [2.24, 2.45) is 11.8 Å². The van der Waals surface area contributed by atoms with Crippen LogP contribution in [0.4, 0.5) is 0 Å². The molecule has 3 heterocycles. The van der Waals surface area contributed by atoms with Crippen LogP contribution in [0.25, 0.3) is 0 Å². The zero-order valence-electron chi connectivity index (χ0n) is 40.2. The van der Waals surface area contributed by atoms with E-state index in [2.05, 4.69) is 90.1 Å². The number of hydrogen-bond donors (Lipinski definition) is 1. The van der Waals surface area contributed by atoms with Gasteiger partial charge >= 0.3 is 17.9 Å². The van der Waals surface area contributed by atoms with Crippen molar-refractivity contribution in [2.75, 3.05) is 13.2 Å². The Morgan fingerprint density at radius 2 is 1.03 bits per heavy atom. The van der Waals surface area contributed by atoms with Crippen LogP contribution in [0.2, 0.25) is 10.1 Å². The molecule has 0 aromatic heterocycles. The molecular weight excluding hydrogens is 901 g/mol. The molecule has 3 aliphatic heterocycles. The van der Waals surface area contributed by atoms with E-state index in [1.54, 1.807) is 6.08 Å². The molecule has 15 heteroatoms. The second-order valence-electron chi connectivity index (χ2n) is 20.2. The SMILES string of the molecule is CC(=O)O[C@@H]1[C@@H](OC(C)=O)[C@H](O[C@@H]2OC=C[C@H]3[C@H](O)[C@@H]4O[C@]4(CO[Si](c4ccccc4)(c4ccccc4)C(C)(C)C)[C@@H]23)O[C@H](CO[Si](c2ccccc2)(c2ccccc2)C(C)(C)C)[C@H]1OC(C)=O. The van der Waals surface area contributed by atoms with E-state index >= 15 is 0 Å². The topological polar surface area (TPSA) is 158 Å². The van der Waals surface area contributed by atoms with Crippen LogP contribution in [0.3, 0.4) is 0 Å². The van der Waals surface area contributed by atoms with Crippen molar-refractivity contribution in [3.8, 4) is 0 Å². The second kappa shape index (κ2) is 19.4. The zero-order chi connectivity index (χ0) is 48.6. The summed E-state index contributed by atoms with van der Waals surface area (Å²) in [6.07, 6.45) is -6.21. The largest absolute Gasteiger partial charge is 0.472 e. The van der Waals surface area contributed by atoms with Crippen LogP contribution in [0.1, 0.15) is 62.3 Å². The molecule has 1 N–H and O–H groups in total. The quantitative estimate of drug-likeness (QED) is 0.0711. The highest BCUT2D eigenvalue weighted by molar-refractivity contribution is 7.00. The van der Waals surface area contributed by atoms with Gasteiger partial charge in [-0.05, 0) is 36.9 Å². The molecule has 362 valence electrons. The third-order valence-corrected chi connectivity index (χ3v) is 23.8. The molecule has 0 radical (unpaired) electrons. The Morgan fingerprint density at radius 1 is 0.603 bits per heavy atom. The fraction of sp³-hybridized carbons (Fsp3) is 0.453. The maximum atomic E-state index is 13.0. The van der Waals surface area contributed by atoms with Crippen molar-refractivity contribution < 1.29 is 61.5 Å². The van der Waals surface area contributed by atoms with Crippen molar-refractivity contribution in [1.82, 2.24) is 0 Å². The summed E-state index contributed by atoms with van der Waals surface area (Å²) < 4.78 is 59.2. The number of fused-ring (bicyclic) bond motifs is 3. The average molecular weight is 965 g/mol. The van der Waals surface area contributed by atoms with Crippen molar-refractivity contribution in [2.45, 2.75) is 127 Å². The lowest BCUT2D eigenvalue weighted by Crippen LogP contribution is -2.69. The molecule has 0 unspecified atom stereocenters. The van der Waals surface area contributed by atoms with Gasteiger partial charge in [-0.15, -0.1) is 0 Å². The number of esters is 3. The van der Waals surface area contributed by atoms with Crippen molar-refractivity contribution in [3.05, 3.63) is 134 Å². The fourth-order valence-corrected chi connectivity index (χ4v) is 20.2. The maximum absolute atomic E-state index is 13.0. The van der Waals surface area contributed by atoms with Gasteiger partial charge in [0, 0.05) is 26.7 Å². The molecule has 11 atom stereocenters. The maximum Gasteiger partial charge on any atom is 0.303 e. The van der Waals surface area contributed by atoms with Gasteiger partial charge in [0.15, 0.2) is 18.3 Å². The van der Waals surface area contributed by atoms with E-state index in [0.717, 1.165) is 20.7 Å². The summed E-state index contributed by atoms with van der Waals surface area (Å²) in [5, 5.41) is 15.2. The van der Waals surface area contributed by atoms with Crippen LogP contribution in [0.5, 0.6) is 0 Å². The minimum Gasteiger partial charge on any atom is -0.472 e. The molecule has 4 aliphatic rings. The van der Waals surface area contributed by atoms with Crippen LogP contribution in [0.15, 0.2) is 134 Å². The van der Waals surface area contributed by atoms with E-state index in [4.69, 9.17) is 42.0 Å². The third-order valence-electron chi connectivity index (χ3n) is 13.8. The first kappa shape index (κ1) is 49.4. The number of aliphatic hydroxyl groups excluding tert-OH is 1. The molecule has 1 aliphatic carbocycles. The number of carbonyl (C=O) groups is 3. The van der Waals surface area contributed by atoms with Crippen molar-refractivity contribution in [3.63, 3.8) is 0 Å². The molecule has 1 saturated carbocycles. The summed E-state index contributed by atoms with van der Waals surface area (Å²) in [6, 6.07) is 40.6. The number of ether oxygens (including phenoxy) is 7. The smallest absolute Gasteiger partial charge is 0.303 e. The lowest BCUT2D eigenvalue weighted by atomic mass is 9.85. The van der Waals surface area contributed by atoms with Crippen LogP contribution < -0.4 is 20.7 Å². The number of rotatable bonds is 15. The van der Waals surface area contributed by atoms with Gasteiger partial charge in [0.1, 0.15) is 17.8 Å². The van der Waals surface area contributed by atoms with Crippen LogP contribution in [0, 0.1) is 11.8 Å². The Hall–Kier alpha value is -4.98. The number of epoxide rings is 1. The van der Waals surface area contributed by atoms with Crippen molar-refractivity contribution in [1.29, 1.82) is 0 Å². The lowest BCUT2D eigenvalue weighted by Gasteiger charge is -2.48. The Morgan fingerprint density at radius 3 is 1.47 bits per heavy atom. The lowest BCUT2D eigenvalue weighted by molar-refractivity contribution is -0.346.